The van der Waals surface area contributed by atoms with Gasteiger partial charge in [-0.1, -0.05) is 34.1 Å². The monoisotopic (exact) mass is 336 g/mol. The van der Waals surface area contributed by atoms with E-state index in [2.05, 4.69) is 20.8 Å². The first kappa shape index (κ1) is 14.8. The first-order chi connectivity index (χ1) is 9.69. The zero-order valence-corrected chi connectivity index (χ0v) is 12.9. The lowest BCUT2D eigenvalue weighted by atomic mass is 10.0. The van der Waals surface area contributed by atoms with Crippen LogP contribution in [0, 0.1) is 5.21 Å². The zero-order chi connectivity index (χ0) is 14.5. The molecule has 0 aliphatic rings. The number of halogens is 1. The molecule has 0 atom stereocenters. The number of hydrogen-bond acceptors (Lipinski definition) is 4. The lowest BCUT2D eigenvalue weighted by Gasteiger charge is -2.27. The average Bonchev–Trinajstić information content (AvgIpc) is 2.53. The van der Waals surface area contributed by atoms with E-state index in [1.54, 1.807) is 19.2 Å². The van der Waals surface area contributed by atoms with Crippen LogP contribution in [0.4, 0.5) is 5.69 Å². The quantitative estimate of drug-likeness (QED) is 0.608. The first-order valence-corrected chi connectivity index (χ1v) is 7.16. The summed E-state index contributed by atoms with van der Waals surface area (Å²) >= 11 is 3.44. The van der Waals surface area contributed by atoms with Crippen molar-refractivity contribution in [1.29, 1.82) is 0 Å². The van der Waals surface area contributed by atoms with Gasteiger partial charge in [-0.2, -0.15) is 0 Å². The van der Waals surface area contributed by atoms with Crippen molar-refractivity contribution in [2.45, 2.75) is 5.33 Å². The highest BCUT2D eigenvalue weighted by Crippen LogP contribution is 2.33. The minimum absolute atomic E-state index is 0.441. The van der Waals surface area contributed by atoms with E-state index in [0.717, 1.165) is 27.8 Å². The summed E-state index contributed by atoms with van der Waals surface area (Å²) < 4.78 is 5.39. The van der Waals surface area contributed by atoms with Crippen molar-refractivity contribution in [2.24, 2.45) is 0 Å². The van der Waals surface area contributed by atoms with Gasteiger partial charge in [-0.25, -0.2) is 0 Å². The molecule has 0 radical (unpaired) electrons. The van der Waals surface area contributed by atoms with Crippen LogP contribution in [0.2, 0.25) is 0 Å². The molecule has 2 aromatic rings. The average molecular weight is 337 g/mol. The molecule has 0 N–H and O–H groups in total. The summed E-state index contributed by atoms with van der Waals surface area (Å²) in [6, 6.07) is 13.2. The van der Waals surface area contributed by atoms with Gasteiger partial charge in [0.2, 0.25) is 0 Å². The highest BCUT2D eigenvalue weighted by Gasteiger charge is 2.08. The predicted octanol–water partition coefficient (Wildman–Crippen LogP) is 4.12. The third-order valence-electron chi connectivity index (χ3n) is 2.95. The molecule has 0 bridgehead atoms. The van der Waals surface area contributed by atoms with Crippen LogP contribution < -0.4 is 9.96 Å². The van der Waals surface area contributed by atoms with Crippen molar-refractivity contribution in [1.82, 2.24) is 0 Å². The van der Waals surface area contributed by atoms with Crippen LogP contribution in [0.3, 0.4) is 0 Å². The van der Waals surface area contributed by atoms with Crippen LogP contribution in [0.25, 0.3) is 11.1 Å². The van der Waals surface area contributed by atoms with E-state index in [4.69, 9.17) is 4.74 Å². The maximum absolute atomic E-state index is 11.5. The minimum atomic E-state index is 0.441. The Bertz CT molecular complexity index is 589. The van der Waals surface area contributed by atoms with E-state index in [-0.39, 0.29) is 0 Å². The third-order valence-corrected chi connectivity index (χ3v) is 3.60. The van der Waals surface area contributed by atoms with Gasteiger partial charge in [0.05, 0.1) is 19.9 Å². The second-order valence-electron chi connectivity index (χ2n) is 4.16. The molecule has 5 heteroatoms. The second kappa shape index (κ2) is 6.74. The molecule has 0 amide bonds. The Balaban J connectivity index is 2.49. The number of alkyl halides is 1. The number of hydrogen-bond donors (Lipinski definition) is 0. The summed E-state index contributed by atoms with van der Waals surface area (Å²) in [5, 5.41) is 12.8. The van der Waals surface area contributed by atoms with Crippen LogP contribution in [0.5, 0.6) is 5.75 Å². The fourth-order valence-corrected chi connectivity index (χ4v) is 2.31. The topological polar surface area (TPSA) is 44.8 Å². The summed E-state index contributed by atoms with van der Waals surface area (Å²) in [6.45, 7) is 0. The van der Waals surface area contributed by atoms with Gasteiger partial charge in [0.1, 0.15) is 5.75 Å². The Morgan fingerprint density at radius 2 is 1.95 bits per heavy atom. The van der Waals surface area contributed by atoms with Crippen LogP contribution in [0.15, 0.2) is 42.5 Å². The van der Waals surface area contributed by atoms with Crippen molar-refractivity contribution in [3.8, 4) is 16.9 Å². The Labute approximate surface area is 126 Å². The van der Waals surface area contributed by atoms with Gasteiger partial charge in [0, 0.05) is 10.9 Å². The van der Waals surface area contributed by atoms with Crippen molar-refractivity contribution in [2.75, 3.05) is 19.4 Å². The van der Waals surface area contributed by atoms with Gasteiger partial charge in [0.25, 0.3) is 0 Å². The summed E-state index contributed by atoms with van der Waals surface area (Å²) in [4.78, 5) is 4.67. The highest BCUT2D eigenvalue weighted by molar-refractivity contribution is 9.08. The van der Waals surface area contributed by atoms with Crippen LogP contribution in [-0.2, 0) is 10.2 Å². The number of nitrogens with zero attached hydrogens (tertiary/aromatic N) is 1. The number of benzene rings is 2. The first-order valence-electron chi connectivity index (χ1n) is 6.04. The molecule has 20 heavy (non-hydrogen) atoms. The summed E-state index contributed by atoms with van der Waals surface area (Å²) in [7, 11) is 2.97. The highest BCUT2D eigenvalue weighted by atomic mass is 79.9. The maximum atomic E-state index is 11.5. The van der Waals surface area contributed by atoms with Crippen molar-refractivity contribution < 1.29 is 9.57 Å². The van der Waals surface area contributed by atoms with Crippen molar-refractivity contribution >= 4 is 21.6 Å². The maximum Gasteiger partial charge on any atom is 0.126 e. The van der Waals surface area contributed by atoms with Gasteiger partial charge >= 0.3 is 0 Å². The Kier molecular flexibility index (Phi) is 5.00. The van der Waals surface area contributed by atoms with E-state index in [0.29, 0.717) is 10.9 Å². The molecule has 106 valence electrons. The number of rotatable bonds is 5. The van der Waals surface area contributed by atoms with Crippen LogP contribution in [-0.4, -0.2) is 14.2 Å². The third kappa shape index (κ3) is 3.12. The van der Waals surface area contributed by atoms with Gasteiger partial charge in [-0.15, -0.1) is 0 Å². The Hall–Kier alpha value is -1.56. The summed E-state index contributed by atoms with van der Waals surface area (Å²) in [5.41, 5.74) is 3.42. The Morgan fingerprint density at radius 1 is 1.15 bits per heavy atom. The van der Waals surface area contributed by atoms with E-state index in [1.807, 2.05) is 30.3 Å². The number of ether oxygens (including phenoxy) is 1. The molecule has 2 rings (SSSR count). The molecular weight excluding hydrogens is 322 g/mol. The van der Waals surface area contributed by atoms with Crippen molar-refractivity contribution in [3.63, 3.8) is 0 Å². The van der Waals surface area contributed by atoms with Crippen LogP contribution >= 0.6 is 15.9 Å². The van der Waals surface area contributed by atoms with Crippen LogP contribution in [0.1, 0.15) is 5.56 Å². The fourth-order valence-electron chi connectivity index (χ4n) is 1.96. The van der Waals surface area contributed by atoms with Gasteiger partial charge in [0.15, 0.2) is 0 Å². The molecule has 0 aromatic heterocycles. The van der Waals surface area contributed by atoms with E-state index >= 15 is 0 Å². The van der Waals surface area contributed by atoms with Gasteiger partial charge in [-0.3, -0.25) is 4.84 Å². The van der Waals surface area contributed by atoms with E-state index in [1.165, 1.54) is 7.11 Å². The zero-order valence-electron chi connectivity index (χ0n) is 11.3. The SMILES string of the molecule is COc1ccc(CBr)cc1-c1cccc(N([O-])OC)c1. The normalized spacial score (nSPS) is 10.4. The number of methoxy groups -OCH3 is 1. The van der Waals surface area contributed by atoms with Gasteiger partial charge < -0.3 is 15.2 Å². The minimum Gasteiger partial charge on any atom is -0.733 e. The van der Waals surface area contributed by atoms with Crippen molar-refractivity contribution in [3.05, 3.63) is 53.2 Å². The lowest BCUT2D eigenvalue weighted by Crippen LogP contribution is -2.11. The summed E-state index contributed by atoms with van der Waals surface area (Å²) in [6.07, 6.45) is 0. The molecular formula is C15H15BrNO3-. The predicted molar refractivity (Wildman–Crippen MR) is 83.9 cm³/mol. The molecule has 4 nitrogen and oxygen atoms in total. The van der Waals surface area contributed by atoms with Gasteiger partial charge in [-0.05, 0) is 35.4 Å². The molecule has 0 saturated heterocycles. The smallest absolute Gasteiger partial charge is 0.126 e. The molecule has 0 heterocycles. The molecule has 2 aromatic carbocycles. The lowest BCUT2D eigenvalue weighted by molar-refractivity contribution is 0.198. The fraction of sp³-hybridized carbons (Fsp3) is 0.200. The molecule has 0 fully saturated rings. The molecule has 0 saturated carbocycles. The summed E-state index contributed by atoms with van der Waals surface area (Å²) in [5.74, 6) is 0.765. The number of anilines is 1. The molecule has 0 spiro atoms. The Morgan fingerprint density at radius 3 is 2.60 bits per heavy atom. The molecule has 0 aliphatic carbocycles. The largest absolute Gasteiger partial charge is 0.733 e. The second-order valence-corrected chi connectivity index (χ2v) is 4.72. The molecule has 0 aliphatic heterocycles. The standard InChI is InChI=1S/C15H15BrNO3/c1-19-15-7-6-11(10-16)8-14(15)12-4-3-5-13(9-12)17(18)20-2/h3-9H,10H2,1-2H3/q-1. The van der Waals surface area contributed by atoms with E-state index in [9.17, 15) is 5.21 Å². The van der Waals surface area contributed by atoms with E-state index < -0.39 is 0 Å². The molecule has 0 unspecified atom stereocenters.